The topological polar surface area (TPSA) is 64.6 Å². The molecular formula is C26H23N5S. The molecule has 0 aliphatic carbocycles. The van der Waals surface area contributed by atoms with Gasteiger partial charge in [-0.05, 0) is 42.0 Å². The fraction of sp³-hybridized carbons (Fsp3) is 0.154. The van der Waals surface area contributed by atoms with Crippen molar-refractivity contribution in [3.8, 4) is 11.3 Å². The molecule has 2 aliphatic rings. The second kappa shape index (κ2) is 8.20. The van der Waals surface area contributed by atoms with Crippen molar-refractivity contribution < 1.29 is 0 Å². The Bertz CT molecular complexity index is 1330. The van der Waals surface area contributed by atoms with Gasteiger partial charge in [-0.15, -0.1) is 0 Å². The first-order chi connectivity index (χ1) is 15.8. The molecule has 6 heteroatoms. The van der Waals surface area contributed by atoms with E-state index in [2.05, 4.69) is 98.4 Å². The Labute approximate surface area is 191 Å². The summed E-state index contributed by atoms with van der Waals surface area (Å²) < 4.78 is 0. The standard InChI is InChI=1S/C26H23N5S/c1-2-20(26-29-13-14-30-26)16-24-19(1)15-23(31-24)17-3-7-21(8-4-17)32-22-9-5-18(6-10-22)25-27-11-12-28-25/h1-10,15-16,31H,11-14H2,(H,27,28)(H,29,30). The maximum absolute atomic E-state index is 4.53. The summed E-state index contributed by atoms with van der Waals surface area (Å²) in [6, 6.07) is 26.0. The number of rotatable bonds is 5. The molecule has 5 nitrogen and oxygen atoms in total. The second-order valence-corrected chi connectivity index (χ2v) is 9.10. The number of amidine groups is 2. The van der Waals surface area contributed by atoms with Crippen molar-refractivity contribution in [2.45, 2.75) is 9.79 Å². The van der Waals surface area contributed by atoms with Crippen molar-refractivity contribution in [2.75, 3.05) is 26.2 Å². The molecule has 0 saturated heterocycles. The van der Waals surface area contributed by atoms with E-state index in [-0.39, 0.29) is 0 Å². The van der Waals surface area contributed by atoms with Crippen molar-refractivity contribution in [3.63, 3.8) is 0 Å². The van der Waals surface area contributed by atoms with E-state index in [1.807, 2.05) is 0 Å². The van der Waals surface area contributed by atoms with Crippen LogP contribution >= 0.6 is 11.8 Å². The van der Waals surface area contributed by atoms with Crippen LogP contribution in [-0.2, 0) is 0 Å². The maximum Gasteiger partial charge on any atom is 0.128 e. The van der Waals surface area contributed by atoms with Gasteiger partial charge in [0.15, 0.2) is 0 Å². The van der Waals surface area contributed by atoms with Crippen LogP contribution in [0.25, 0.3) is 22.2 Å². The zero-order valence-corrected chi connectivity index (χ0v) is 18.4. The minimum Gasteiger partial charge on any atom is -0.368 e. The van der Waals surface area contributed by atoms with E-state index in [1.54, 1.807) is 11.8 Å². The molecular weight excluding hydrogens is 414 g/mol. The lowest BCUT2D eigenvalue weighted by molar-refractivity contribution is 0.960. The molecule has 0 fully saturated rings. The number of hydrogen-bond acceptors (Lipinski definition) is 5. The Hall–Kier alpha value is -3.51. The maximum atomic E-state index is 4.53. The zero-order valence-electron chi connectivity index (χ0n) is 17.6. The highest BCUT2D eigenvalue weighted by atomic mass is 32.2. The van der Waals surface area contributed by atoms with Crippen LogP contribution in [0.5, 0.6) is 0 Å². The van der Waals surface area contributed by atoms with Gasteiger partial charge in [0, 0.05) is 50.6 Å². The Kier molecular flexibility index (Phi) is 4.92. The Morgan fingerprint density at radius 3 is 1.84 bits per heavy atom. The van der Waals surface area contributed by atoms with Gasteiger partial charge in [-0.2, -0.15) is 0 Å². The molecule has 0 bridgehead atoms. The number of fused-ring (bicyclic) bond motifs is 1. The Morgan fingerprint density at radius 1 is 0.625 bits per heavy atom. The number of benzene rings is 3. The van der Waals surface area contributed by atoms with E-state index in [9.17, 15) is 0 Å². The average molecular weight is 438 g/mol. The fourth-order valence-corrected chi connectivity index (χ4v) is 4.95. The van der Waals surface area contributed by atoms with Crippen LogP contribution < -0.4 is 10.6 Å². The summed E-state index contributed by atoms with van der Waals surface area (Å²) in [5.41, 5.74) is 5.74. The summed E-state index contributed by atoms with van der Waals surface area (Å²) in [4.78, 5) is 15.0. The van der Waals surface area contributed by atoms with Crippen LogP contribution in [0.2, 0.25) is 0 Å². The molecule has 0 atom stereocenters. The predicted octanol–water partition coefficient (Wildman–Crippen LogP) is 4.69. The first-order valence-electron chi connectivity index (χ1n) is 10.9. The van der Waals surface area contributed by atoms with Crippen molar-refractivity contribution in [2.24, 2.45) is 9.98 Å². The highest BCUT2D eigenvalue weighted by Gasteiger charge is 2.11. The highest BCUT2D eigenvalue weighted by molar-refractivity contribution is 7.99. The molecule has 0 radical (unpaired) electrons. The van der Waals surface area contributed by atoms with Gasteiger partial charge in [-0.1, -0.05) is 48.2 Å². The van der Waals surface area contributed by atoms with Crippen molar-refractivity contribution >= 4 is 34.3 Å². The summed E-state index contributed by atoms with van der Waals surface area (Å²) in [5.74, 6) is 1.99. The molecule has 6 rings (SSSR count). The summed E-state index contributed by atoms with van der Waals surface area (Å²) in [5, 5.41) is 7.88. The number of nitrogens with zero attached hydrogens (tertiary/aromatic N) is 2. The van der Waals surface area contributed by atoms with E-state index in [0.717, 1.165) is 60.2 Å². The molecule has 0 amide bonds. The average Bonchev–Trinajstić information content (AvgIpc) is 3.61. The number of aromatic amines is 1. The number of aliphatic imine (C=N–C) groups is 2. The van der Waals surface area contributed by atoms with E-state index in [4.69, 9.17) is 0 Å². The van der Waals surface area contributed by atoms with Crippen LogP contribution in [0.1, 0.15) is 11.1 Å². The van der Waals surface area contributed by atoms with Gasteiger partial charge >= 0.3 is 0 Å². The largest absolute Gasteiger partial charge is 0.368 e. The van der Waals surface area contributed by atoms with Gasteiger partial charge in [0.05, 0.1) is 13.1 Å². The van der Waals surface area contributed by atoms with Gasteiger partial charge in [-0.3, -0.25) is 9.98 Å². The minimum absolute atomic E-state index is 0.852. The molecule has 0 unspecified atom stereocenters. The molecule has 3 N–H and O–H groups in total. The SMILES string of the molecule is c1cc(C2=NCCN2)ccc1Sc1ccc(-c2cc3ccc(C4=NCCN4)cc3[nH]2)cc1. The Balaban J connectivity index is 1.19. The quantitative estimate of drug-likeness (QED) is 0.425. The number of aromatic nitrogens is 1. The highest BCUT2D eigenvalue weighted by Crippen LogP contribution is 2.31. The predicted molar refractivity (Wildman–Crippen MR) is 133 cm³/mol. The normalized spacial score (nSPS) is 15.4. The van der Waals surface area contributed by atoms with Gasteiger partial charge in [-0.25, -0.2) is 0 Å². The molecule has 3 heterocycles. The smallest absolute Gasteiger partial charge is 0.128 e. The zero-order chi connectivity index (χ0) is 21.3. The molecule has 0 spiro atoms. The summed E-state index contributed by atoms with van der Waals surface area (Å²) in [6.45, 7) is 3.57. The fourth-order valence-electron chi connectivity index (χ4n) is 4.13. The third kappa shape index (κ3) is 3.78. The molecule has 158 valence electrons. The number of hydrogen-bond donors (Lipinski definition) is 3. The van der Waals surface area contributed by atoms with E-state index >= 15 is 0 Å². The summed E-state index contributed by atoms with van der Waals surface area (Å²) in [6.07, 6.45) is 0. The number of nitrogens with one attached hydrogen (secondary N) is 3. The molecule has 0 saturated carbocycles. The lowest BCUT2D eigenvalue weighted by atomic mass is 10.1. The van der Waals surface area contributed by atoms with Crippen molar-refractivity contribution in [1.29, 1.82) is 0 Å². The molecule has 2 aliphatic heterocycles. The minimum atomic E-state index is 0.852. The molecule has 4 aromatic rings. The van der Waals surface area contributed by atoms with E-state index in [1.165, 1.54) is 20.7 Å². The molecule has 1 aromatic heterocycles. The van der Waals surface area contributed by atoms with Crippen molar-refractivity contribution in [3.05, 3.63) is 83.9 Å². The lowest BCUT2D eigenvalue weighted by Gasteiger charge is -2.06. The van der Waals surface area contributed by atoms with Gasteiger partial charge in [0.25, 0.3) is 0 Å². The van der Waals surface area contributed by atoms with Gasteiger partial charge in [0.1, 0.15) is 11.7 Å². The van der Waals surface area contributed by atoms with E-state index < -0.39 is 0 Å². The van der Waals surface area contributed by atoms with Crippen LogP contribution in [0.3, 0.4) is 0 Å². The van der Waals surface area contributed by atoms with E-state index in [0.29, 0.717) is 0 Å². The van der Waals surface area contributed by atoms with Crippen LogP contribution in [0, 0.1) is 0 Å². The summed E-state index contributed by atoms with van der Waals surface area (Å²) >= 11 is 1.77. The first-order valence-corrected chi connectivity index (χ1v) is 11.7. The van der Waals surface area contributed by atoms with Crippen LogP contribution in [-0.4, -0.2) is 42.8 Å². The van der Waals surface area contributed by atoms with Crippen LogP contribution in [0.4, 0.5) is 0 Å². The van der Waals surface area contributed by atoms with Crippen LogP contribution in [0.15, 0.2) is 92.6 Å². The lowest BCUT2D eigenvalue weighted by Crippen LogP contribution is -2.19. The van der Waals surface area contributed by atoms with Crippen molar-refractivity contribution in [1.82, 2.24) is 15.6 Å². The molecule has 3 aromatic carbocycles. The number of H-pyrrole nitrogens is 1. The summed E-state index contributed by atoms with van der Waals surface area (Å²) in [7, 11) is 0. The Morgan fingerprint density at radius 2 is 1.22 bits per heavy atom. The third-order valence-electron chi connectivity index (χ3n) is 5.77. The molecule has 32 heavy (non-hydrogen) atoms. The monoisotopic (exact) mass is 437 g/mol. The van der Waals surface area contributed by atoms with Gasteiger partial charge < -0.3 is 15.6 Å². The van der Waals surface area contributed by atoms with Gasteiger partial charge in [0.2, 0.25) is 0 Å². The first kappa shape index (κ1) is 19.2. The second-order valence-electron chi connectivity index (χ2n) is 7.95. The third-order valence-corrected chi connectivity index (χ3v) is 6.79.